The first-order chi connectivity index (χ1) is 15.0. The molecule has 0 radical (unpaired) electrons. The summed E-state index contributed by atoms with van der Waals surface area (Å²) >= 11 is 0. The molecule has 3 rings (SSSR count). The lowest BCUT2D eigenvalue weighted by atomic mass is 9.91. The quantitative estimate of drug-likeness (QED) is 0.575. The number of methoxy groups -OCH3 is 4. The molecule has 0 saturated heterocycles. The molecule has 0 saturated carbocycles. The lowest BCUT2D eigenvalue weighted by molar-refractivity contribution is 0.0697. The Bertz CT molecular complexity index is 1110. The van der Waals surface area contributed by atoms with Crippen LogP contribution >= 0.6 is 0 Å². The standard InChI is InChI=1S/C24H25NO6/c1-14-19(21(29-3)23(31-5)22(30-4)20(14)28-2)12-15-13-25-11-10-16(15)17-8-6-7-9-18(17)24(26)27/h6-11,13H,12H2,1-5H3,(H,26,27). The Kier molecular flexibility index (Phi) is 6.65. The minimum absolute atomic E-state index is 0.225. The normalized spacial score (nSPS) is 10.5. The monoisotopic (exact) mass is 423 g/mol. The van der Waals surface area contributed by atoms with Crippen LogP contribution in [-0.4, -0.2) is 44.5 Å². The van der Waals surface area contributed by atoms with Crippen LogP contribution in [0.3, 0.4) is 0 Å². The van der Waals surface area contributed by atoms with E-state index >= 15 is 0 Å². The van der Waals surface area contributed by atoms with Crippen LogP contribution < -0.4 is 18.9 Å². The van der Waals surface area contributed by atoms with E-state index in [-0.39, 0.29) is 5.56 Å². The van der Waals surface area contributed by atoms with Gasteiger partial charge in [-0.1, -0.05) is 18.2 Å². The van der Waals surface area contributed by atoms with E-state index in [1.54, 1.807) is 51.9 Å². The van der Waals surface area contributed by atoms with Gasteiger partial charge in [-0.25, -0.2) is 4.79 Å². The molecular formula is C24H25NO6. The van der Waals surface area contributed by atoms with Crippen LogP contribution in [0.1, 0.15) is 27.0 Å². The number of hydrogen-bond acceptors (Lipinski definition) is 6. The van der Waals surface area contributed by atoms with Gasteiger partial charge in [0.25, 0.3) is 0 Å². The van der Waals surface area contributed by atoms with Gasteiger partial charge in [0.2, 0.25) is 11.5 Å². The van der Waals surface area contributed by atoms with Crippen molar-refractivity contribution < 1.29 is 28.8 Å². The van der Waals surface area contributed by atoms with E-state index in [1.165, 1.54) is 7.11 Å². The molecule has 1 heterocycles. The fourth-order valence-corrected chi connectivity index (χ4v) is 3.79. The van der Waals surface area contributed by atoms with E-state index in [4.69, 9.17) is 18.9 Å². The van der Waals surface area contributed by atoms with E-state index in [1.807, 2.05) is 19.1 Å². The number of benzene rings is 2. The zero-order chi connectivity index (χ0) is 22.5. The summed E-state index contributed by atoms with van der Waals surface area (Å²) < 4.78 is 22.4. The van der Waals surface area contributed by atoms with E-state index in [0.717, 1.165) is 22.3 Å². The molecule has 0 aliphatic heterocycles. The second-order valence-electron chi connectivity index (χ2n) is 6.80. The molecule has 7 nitrogen and oxygen atoms in total. The molecule has 0 fully saturated rings. The molecule has 0 amide bonds. The highest BCUT2D eigenvalue weighted by Gasteiger charge is 2.26. The summed E-state index contributed by atoms with van der Waals surface area (Å²) in [5.74, 6) is 0.968. The topological polar surface area (TPSA) is 87.1 Å². The Labute approximate surface area is 181 Å². The summed E-state index contributed by atoms with van der Waals surface area (Å²) in [6.07, 6.45) is 3.80. The van der Waals surface area contributed by atoms with Gasteiger partial charge in [-0.3, -0.25) is 4.98 Å². The molecule has 162 valence electrons. The number of hydrogen-bond donors (Lipinski definition) is 1. The summed E-state index contributed by atoms with van der Waals surface area (Å²) in [4.78, 5) is 16.0. The van der Waals surface area contributed by atoms with Gasteiger partial charge in [0.15, 0.2) is 11.5 Å². The molecule has 0 unspecified atom stereocenters. The van der Waals surface area contributed by atoms with E-state index in [0.29, 0.717) is 35.0 Å². The maximum atomic E-state index is 11.8. The summed E-state index contributed by atoms with van der Waals surface area (Å²) in [6, 6.07) is 8.73. The lowest BCUT2D eigenvalue weighted by Crippen LogP contribution is -2.06. The highest BCUT2D eigenvalue weighted by atomic mass is 16.5. The molecular weight excluding hydrogens is 398 g/mol. The van der Waals surface area contributed by atoms with Crippen molar-refractivity contribution in [1.29, 1.82) is 0 Å². The van der Waals surface area contributed by atoms with Crippen molar-refractivity contribution in [2.75, 3.05) is 28.4 Å². The molecule has 0 aliphatic carbocycles. The molecule has 1 aromatic heterocycles. The van der Waals surface area contributed by atoms with Gasteiger partial charge in [0.05, 0.1) is 34.0 Å². The Morgan fingerprint density at radius 1 is 0.871 bits per heavy atom. The zero-order valence-electron chi connectivity index (χ0n) is 18.2. The van der Waals surface area contributed by atoms with Gasteiger partial charge < -0.3 is 24.1 Å². The third kappa shape index (κ3) is 3.99. The highest BCUT2D eigenvalue weighted by Crippen LogP contribution is 2.50. The molecule has 1 N–H and O–H groups in total. The van der Waals surface area contributed by atoms with Gasteiger partial charge in [-0.05, 0) is 35.7 Å². The molecule has 2 aromatic carbocycles. The maximum absolute atomic E-state index is 11.8. The fraction of sp³-hybridized carbons (Fsp3) is 0.250. The number of ether oxygens (including phenoxy) is 4. The van der Waals surface area contributed by atoms with Crippen LogP contribution in [0.15, 0.2) is 42.7 Å². The van der Waals surface area contributed by atoms with Crippen molar-refractivity contribution in [3.05, 3.63) is 65.0 Å². The average Bonchev–Trinajstić information content (AvgIpc) is 2.79. The van der Waals surface area contributed by atoms with E-state index in [2.05, 4.69) is 4.98 Å². The smallest absolute Gasteiger partial charge is 0.336 e. The predicted molar refractivity (Wildman–Crippen MR) is 117 cm³/mol. The third-order valence-electron chi connectivity index (χ3n) is 5.22. The molecule has 7 heteroatoms. The van der Waals surface area contributed by atoms with Crippen LogP contribution in [0.5, 0.6) is 23.0 Å². The maximum Gasteiger partial charge on any atom is 0.336 e. The Morgan fingerprint density at radius 3 is 2.10 bits per heavy atom. The number of aromatic carboxylic acids is 1. The second-order valence-corrected chi connectivity index (χ2v) is 6.80. The summed E-state index contributed by atoms with van der Waals surface area (Å²) in [5.41, 5.74) is 4.13. The number of aromatic nitrogens is 1. The van der Waals surface area contributed by atoms with Crippen LogP contribution in [-0.2, 0) is 6.42 Å². The zero-order valence-corrected chi connectivity index (χ0v) is 18.2. The summed E-state index contributed by atoms with van der Waals surface area (Å²) in [6.45, 7) is 1.92. The molecule has 0 spiro atoms. The fourth-order valence-electron chi connectivity index (χ4n) is 3.79. The number of carboxylic acids is 1. The Balaban J connectivity index is 2.23. The van der Waals surface area contributed by atoms with Crippen LogP contribution in [0, 0.1) is 6.92 Å². The van der Waals surface area contributed by atoms with Gasteiger partial charge >= 0.3 is 5.97 Å². The third-order valence-corrected chi connectivity index (χ3v) is 5.22. The largest absolute Gasteiger partial charge is 0.492 e. The summed E-state index contributed by atoms with van der Waals surface area (Å²) in [7, 11) is 6.22. The van der Waals surface area contributed by atoms with Gasteiger partial charge in [-0.2, -0.15) is 0 Å². The van der Waals surface area contributed by atoms with Crippen molar-refractivity contribution in [2.24, 2.45) is 0 Å². The molecule has 0 bridgehead atoms. The van der Waals surface area contributed by atoms with Crippen LogP contribution in [0.4, 0.5) is 0 Å². The second kappa shape index (κ2) is 9.38. The SMILES string of the molecule is COc1c(C)c(Cc2cnccc2-c2ccccc2C(=O)O)c(OC)c(OC)c1OC. The van der Waals surface area contributed by atoms with Crippen molar-refractivity contribution in [2.45, 2.75) is 13.3 Å². The summed E-state index contributed by atoms with van der Waals surface area (Å²) in [5, 5.41) is 9.65. The van der Waals surface area contributed by atoms with Crippen LogP contribution in [0.2, 0.25) is 0 Å². The van der Waals surface area contributed by atoms with Gasteiger partial charge in [-0.15, -0.1) is 0 Å². The van der Waals surface area contributed by atoms with Gasteiger partial charge in [0, 0.05) is 29.9 Å². The minimum atomic E-state index is -0.986. The van der Waals surface area contributed by atoms with E-state index in [9.17, 15) is 9.90 Å². The number of rotatable bonds is 8. The number of carbonyl (C=O) groups is 1. The molecule has 0 aliphatic rings. The number of carboxylic acid groups (broad SMARTS) is 1. The van der Waals surface area contributed by atoms with Gasteiger partial charge in [0.1, 0.15) is 0 Å². The highest BCUT2D eigenvalue weighted by molar-refractivity contribution is 5.96. The first-order valence-electron chi connectivity index (χ1n) is 9.59. The van der Waals surface area contributed by atoms with Crippen molar-refractivity contribution in [1.82, 2.24) is 4.98 Å². The first-order valence-corrected chi connectivity index (χ1v) is 9.59. The molecule has 0 atom stereocenters. The predicted octanol–water partition coefficient (Wildman–Crippen LogP) is 4.38. The Morgan fingerprint density at radius 2 is 1.48 bits per heavy atom. The van der Waals surface area contributed by atoms with Crippen molar-refractivity contribution in [3.8, 4) is 34.1 Å². The van der Waals surface area contributed by atoms with Crippen molar-refractivity contribution >= 4 is 5.97 Å². The molecule has 3 aromatic rings. The lowest BCUT2D eigenvalue weighted by Gasteiger charge is -2.22. The Hall–Kier alpha value is -3.74. The first kappa shape index (κ1) is 22.0. The molecule has 31 heavy (non-hydrogen) atoms. The van der Waals surface area contributed by atoms with E-state index < -0.39 is 5.97 Å². The average molecular weight is 423 g/mol. The van der Waals surface area contributed by atoms with Crippen LogP contribution in [0.25, 0.3) is 11.1 Å². The van der Waals surface area contributed by atoms with Crippen molar-refractivity contribution in [3.63, 3.8) is 0 Å². The number of nitrogens with zero attached hydrogens (tertiary/aromatic N) is 1. The number of pyridine rings is 1. The minimum Gasteiger partial charge on any atom is -0.492 e.